The van der Waals surface area contributed by atoms with Crippen LogP contribution in [0.1, 0.15) is 79.6 Å². The van der Waals surface area contributed by atoms with Crippen molar-refractivity contribution in [2.45, 2.75) is 85.2 Å². The third kappa shape index (κ3) is 6.65. The molecule has 0 saturated heterocycles. The molecule has 21 heavy (non-hydrogen) atoms. The predicted octanol–water partition coefficient (Wildman–Crippen LogP) is 5.96. The van der Waals surface area contributed by atoms with Crippen LogP contribution in [0.4, 0.5) is 0 Å². The summed E-state index contributed by atoms with van der Waals surface area (Å²) < 4.78 is 0. The van der Waals surface area contributed by atoms with Crippen molar-refractivity contribution < 1.29 is 5.11 Å². The van der Waals surface area contributed by atoms with Crippen LogP contribution in [0.2, 0.25) is 0 Å². The zero-order valence-corrected chi connectivity index (χ0v) is 14.7. The van der Waals surface area contributed by atoms with Crippen molar-refractivity contribution in [2.24, 2.45) is 5.92 Å². The van der Waals surface area contributed by atoms with E-state index in [1.165, 1.54) is 16.7 Å². The first-order valence-corrected chi connectivity index (χ1v) is 8.53. The van der Waals surface area contributed by atoms with Crippen LogP contribution >= 0.6 is 0 Å². The summed E-state index contributed by atoms with van der Waals surface area (Å²) in [6.07, 6.45) is 14.2. The molecule has 1 heteroatoms. The summed E-state index contributed by atoms with van der Waals surface area (Å²) in [5.41, 5.74) is 3.76. The highest BCUT2D eigenvalue weighted by molar-refractivity contribution is 5.09. The van der Waals surface area contributed by atoms with E-state index in [0.717, 1.165) is 44.9 Å². The second-order valence-electron chi connectivity index (χ2n) is 7.19. The van der Waals surface area contributed by atoms with E-state index >= 15 is 0 Å². The highest BCUT2D eigenvalue weighted by Crippen LogP contribution is 2.30. The van der Waals surface area contributed by atoms with Gasteiger partial charge in [0.05, 0.1) is 5.60 Å². The Labute approximate surface area is 131 Å². The lowest BCUT2D eigenvalue weighted by molar-refractivity contribution is -0.0101. The van der Waals surface area contributed by atoms with E-state index in [-0.39, 0.29) is 0 Å². The molecule has 1 aliphatic rings. The molecule has 0 amide bonds. The van der Waals surface area contributed by atoms with E-state index in [9.17, 15) is 5.11 Å². The van der Waals surface area contributed by atoms with Crippen LogP contribution in [0.5, 0.6) is 0 Å². The molecular formula is C20H34O. The van der Waals surface area contributed by atoms with Crippen molar-refractivity contribution in [3.8, 4) is 0 Å². The van der Waals surface area contributed by atoms with Gasteiger partial charge in [0.2, 0.25) is 0 Å². The molecule has 0 unspecified atom stereocenters. The third-order valence-corrected chi connectivity index (χ3v) is 4.89. The van der Waals surface area contributed by atoms with Gasteiger partial charge in [0.25, 0.3) is 0 Å². The molecule has 1 nitrogen and oxygen atoms in total. The normalized spacial score (nSPS) is 34.1. The molecule has 1 atom stereocenters. The average Bonchev–Trinajstić information content (AvgIpc) is 2.42. The second-order valence-corrected chi connectivity index (χ2v) is 7.19. The van der Waals surface area contributed by atoms with Crippen LogP contribution in [0, 0.1) is 5.92 Å². The Kier molecular flexibility index (Phi) is 7.45. The molecule has 0 aromatic carbocycles. The fourth-order valence-electron chi connectivity index (χ4n) is 2.79. The summed E-state index contributed by atoms with van der Waals surface area (Å²) in [5.74, 6) is 0.296. The maximum atomic E-state index is 11.0. The summed E-state index contributed by atoms with van der Waals surface area (Å²) in [4.78, 5) is 0. The van der Waals surface area contributed by atoms with E-state index in [2.05, 4.69) is 52.8 Å². The first kappa shape index (κ1) is 18.2. The number of aliphatic hydroxyl groups is 1. The third-order valence-electron chi connectivity index (χ3n) is 4.89. The fraction of sp³-hybridized carbons (Fsp3) is 0.700. The molecule has 0 radical (unpaired) electrons. The van der Waals surface area contributed by atoms with E-state index in [1.54, 1.807) is 0 Å². The molecule has 120 valence electrons. The Morgan fingerprint density at radius 1 is 0.857 bits per heavy atom. The summed E-state index contributed by atoms with van der Waals surface area (Å²) >= 11 is 0. The zero-order valence-electron chi connectivity index (χ0n) is 14.7. The van der Waals surface area contributed by atoms with Crippen LogP contribution in [-0.4, -0.2) is 10.7 Å². The largest absolute Gasteiger partial charge is 0.389 e. The molecule has 0 bridgehead atoms. The average molecular weight is 290 g/mol. The van der Waals surface area contributed by atoms with Gasteiger partial charge in [-0.2, -0.15) is 0 Å². The standard InChI is InChI=1S/C20H34O/c1-16(2)20(21)14-12-18(4)10-6-8-17(3)9-7-11-19(5)13-15-20/h8,11-12,16,21H,6-7,9-10,13-15H2,1-5H3/b17-8-,18-12-,19-11-/t20-/m1/s1. The highest BCUT2D eigenvalue weighted by Gasteiger charge is 2.29. The summed E-state index contributed by atoms with van der Waals surface area (Å²) in [6, 6.07) is 0. The van der Waals surface area contributed by atoms with Crippen molar-refractivity contribution >= 4 is 0 Å². The lowest BCUT2D eigenvalue weighted by Crippen LogP contribution is -2.34. The lowest BCUT2D eigenvalue weighted by Gasteiger charge is -2.32. The van der Waals surface area contributed by atoms with Gasteiger partial charge in [-0.15, -0.1) is 0 Å². The molecule has 1 aliphatic carbocycles. The maximum absolute atomic E-state index is 11.0. The highest BCUT2D eigenvalue weighted by atomic mass is 16.3. The van der Waals surface area contributed by atoms with Crippen LogP contribution in [-0.2, 0) is 0 Å². The van der Waals surface area contributed by atoms with Crippen LogP contribution in [0.25, 0.3) is 0 Å². The van der Waals surface area contributed by atoms with Gasteiger partial charge in [-0.3, -0.25) is 0 Å². The Bertz CT molecular complexity index is 412. The van der Waals surface area contributed by atoms with Crippen molar-refractivity contribution in [1.82, 2.24) is 0 Å². The Morgan fingerprint density at radius 3 is 1.86 bits per heavy atom. The molecule has 1 rings (SSSR count). The fourth-order valence-corrected chi connectivity index (χ4v) is 2.79. The molecule has 0 aliphatic heterocycles. The van der Waals surface area contributed by atoms with Gasteiger partial charge >= 0.3 is 0 Å². The Morgan fingerprint density at radius 2 is 1.33 bits per heavy atom. The molecular weight excluding hydrogens is 256 g/mol. The number of allylic oxidation sites excluding steroid dienone is 5. The number of hydrogen-bond donors (Lipinski definition) is 1. The predicted molar refractivity (Wildman–Crippen MR) is 93.4 cm³/mol. The van der Waals surface area contributed by atoms with Crippen LogP contribution < -0.4 is 0 Å². The van der Waals surface area contributed by atoms with Gasteiger partial charge in [-0.25, -0.2) is 0 Å². The molecule has 0 aromatic heterocycles. The second kappa shape index (κ2) is 8.58. The summed E-state index contributed by atoms with van der Waals surface area (Å²) in [6.45, 7) is 10.9. The van der Waals surface area contributed by atoms with E-state index in [0.29, 0.717) is 5.92 Å². The van der Waals surface area contributed by atoms with E-state index in [1.807, 2.05) is 0 Å². The van der Waals surface area contributed by atoms with Gasteiger partial charge in [-0.05, 0) is 71.6 Å². The first-order valence-electron chi connectivity index (χ1n) is 8.53. The van der Waals surface area contributed by atoms with Crippen molar-refractivity contribution in [2.75, 3.05) is 0 Å². The number of rotatable bonds is 1. The molecule has 0 saturated carbocycles. The first-order chi connectivity index (χ1) is 9.83. The minimum Gasteiger partial charge on any atom is -0.389 e. The number of hydrogen-bond acceptors (Lipinski definition) is 1. The van der Waals surface area contributed by atoms with E-state index < -0.39 is 5.60 Å². The molecule has 1 N–H and O–H groups in total. The minimum atomic E-state index is -0.563. The van der Waals surface area contributed by atoms with Gasteiger partial charge in [-0.1, -0.05) is 48.8 Å². The lowest BCUT2D eigenvalue weighted by atomic mass is 9.81. The van der Waals surface area contributed by atoms with E-state index in [4.69, 9.17) is 0 Å². The quantitative estimate of drug-likeness (QED) is 0.591. The molecule has 0 aromatic rings. The minimum absolute atomic E-state index is 0.296. The van der Waals surface area contributed by atoms with Crippen LogP contribution in [0.15, 0.2) is 34.9 Å². The van der Waals surface area contributed by atoms with Crippen molar-refractivity contribution in [3.63, 3.8) is 0 Å². The SMILES string of the molecule is C/C1=C/CC/C(C)=C\C[C@](O)(C(C)C)CC/C(C)=C\CC1. The summed E-state index contributed by atoms with van der Waals surface area (Å²) in [7, 11) is 0. The Hall–Kier alpha value is -0.820. The molecule has 0 heterocycles. The van der Waals surface area contributed by atoms with Gasteiger partial charge < -0.3 is 5.11 Å². The Balaban J connectivity index is 2.88. The zero-order chi connectivity index (χ0) is 15.9. The maximum Gasteiger partial charge on any atom is 0.0707 e. The topological polar surface area (TPSA) is 20.2 Å². The molecule has 0 fully saturated rings. The smallest absolute Gasteiger partial charge is 0.0707 e. The van der Waals surface area contributed by atoms with Gasteiger partial charge in [0, 0.05) is 0 Å². The summed E-state index contributed by atoms with van der Waals surface area (Å²) in [5, 5.41) is 11.0. The van der Waals surface area contributed by atoms with Crippen molar-refractivity contribution in [1.29, 1.82) is 0 Å². The van der Waals surface area contributed by atoms with Gasteiger partial charge in [0.15, 0.2) is 0 Å². The monoisotopic (exact) mass is 290 g/mol. The van der Waals surface area contributed by atoms with Gasteiger partial charge in [0.1, 0.15) is 0 Å². The molecule has 0 spiro atoms. The van der Waals surface area contributed by atoms with Crippen molar-refractivity contribution in [3.05, 3.63) is 34.9 Å². The van der Waals surface area contributed by atoms with Crippen LogP contribution in [0.3, 0.4) is 0 Å².